The molecular formula is C9H7BrClF3O. The van der Waals surface area contributed by atoms with Gasteiger partial charge in [-0.1, -0.05) is 0 Å². The first-order valence-electron chi connectivity index (χ1n) is 3.90. The van der Waals surface area contributed by atoms with E-state index >= 15 is 0 Å². The summed E-state index contributed by atoms with van der Waals surface area (Å²) in [6.45, 7) is 0. The molecule has 0 aliphatic rings. The second-order valence-electron chi connectivity index (χ2n) is 2.74. The van der Waals surface area contributed by atoms with E-state index in [4.69, 9.17) is 16.3 Å². The van der Waals surface area contributed by atoms with Crippen LogP contribution in [0.1, 0.15) is 11.1 Å². The van der Waals surface area contributed by atoms with Gasteiger partial charge in [0.05, 0.1) is 18.6 Å². The summed E-state index contributed by atoms with van der Waals surface area (Å²) < 4.78 is 42.3. The number of methoxy groups -OCH3 is 1. The van der Waals surface area contributed by atoms with Crippen LogP contribution in [0.4, 0.5) is 13.2 Å². The van der Waals surface area contributed by atoms with Crippen molar-refractivity contribution in [3.63, 3.8) is 0 Å². The SMILES string of the molecule is COc1ccc(C(F)(F)F)c(Br)c1CCl. The van der Waals surface area contributed by atoms with Crippen LogP contribution in [0.15, 0.2) is 16.6 Å². The number of halogens is 5. The van der Waals surface area contributed by atoms with E-state index in [1.807, 2.05) is 0 Å². The Balaban J connectivity index is 3.36. The molecule has 0 amide bonds. The Hall–Kier alpha value is -0.420. The van der Waals surface area contributed by atoms with E-state index in [2.05, 4.69) is 15.9 Å². The van der Waals surface area contributed by atoms with E-state index in [1.165, 1.54) is 13.2 Å². The quantitative estimate of drug-likeness (QED) is 0.744. The highest BCUT2D eigenvalue weighted by atomic mass is 79.9. The van der Waals surface area contributed by atoms with Crippen molar-refractivity contribution in [2.75, 3.05) is 7.11 Å². The van der Waals surface area contributed by atoms with Crippen LogP contribution in [0, 0.1) is 0 Å². The topological polar surface area (TPSA) is 9.23 Å². The van der Waals surface area contributed by atoms with Gasteiger partial charge in [0.2, 0.25) is 0 Å². The first kappa shape index (κ1) is 12.6. The molecule has 0 fully saturated rings. The van der Waals surface area contributed by atoms with Crippen molar-refractivity contribution >= 4 is 27.5 Å². The van der Waals surface area contributed by atoms with Gasteiger partial charge in [-0.3, -0.25) is 0 Å². The highest BCUT2D eigenvalue weighted by Crippen LogP contribution is 2.40. The normalized spacial score (nSPS) is 11.6. The molecular weight excluding hydrogens is 296 g/mol. The van der Waals surface area contributed by atoms with Crippen LogP contribution < -0.4 is 4.74 Å². The summed E-state index contributed by atoms with van der Waals surface area (Å²) in [7, 11) is 1.38. The lowest BCUT2D eigenvalue weighted by atomic mass is 10.1. The number of ether oxygens (including phenoxy) is 1. The fourth-order valence-corrected chi connectivity index (χ4v) is 2.26. The zero-order valence-electron chi connectivity index (χ0n) is 7.66. The summed E-state index contributed by atoms with van der Waals surface area (Å²) in [5.41, 5.74) is -0.451. The van der Waals surface area contributed by atoms with Crippen molar-refractivity contribution in [2.24, 2.45) is 0 Å². The largest absolute Gasteiger partial charge is 0.496 e. The molecule has 0 spiro atoms. The number of hydrogen-bond acceptors (Lipinski definition) is 1. The molecule has 6 heteroatoms. The van der Waals surface area contributed by atoms with Crippen LogP contribution in [-0.2, 0) is 12.1 Å². The van der Waals surface area contributed by atoms with Crippen molar-refractivity contribution in [1.82, 2.24) is 0 Å². The van der Waals surface area contributed by atoms with Crippen molar-refractivity contribution in [3.8, 4) is 5.75 Å². The van der Waals surface area contributed by atoms with Crippen molar-refractivity contribution in [3.05, 3.63) is 27.7 Å². The maximum absolute atomic E-state index is 12.5. The van der Waals surface area contributed by atoms with Gasteiger partial charge in [0.1, 0.15) is 5.75 Å². The van der Waals surface area contributed by atoms with Crippen molar-refractivity contribution in [2.45, 2.75) is 12.1 Å². The summed E-state index contributed by atoms with van der Waals surface area (Å²) in [4.78, 5) is 0. The Bertz CT molecular complexity index is 365. The Morgan fingerprint density at radius 3 is 2.40 bits per heavy atom. The molecule has 0 saturated carbocycles. The van der Waals surface area contributed by atoms with E-state index < -0.39 is 11.7 Å². The average molecular weight is 304 g/mol. The standard InChI is InChI=1S/C9H7BrClF3O/c1-15-7-3-2-6(9(12,13)14)8(10)5(7)4-11/h2-3H,4H2,1H3. The Morgan fingerprint density at radius 2 is 2.00 bits per heavy atom. The molecule has 0 heterocycles. The van der Waals surface area contributed by atoms with Crippen LogP contribution in [0.3, 0.4) is 0 Å². The Morgan fingerprint density at radius 1 is 1.40 bits per heavy atom. The van der Waals surface area contributed by atoms with Crippen LogP contribution in [0.25, 0.3) is 0 Å². The highest BCUT2D eigenvalue weighted by Gasteiger charge is 2.34. The fraction of sp³-hybridized carbons (Fsp3) is 0.333. The molecule has 0 unspecified atom stereocenters. The molecule has 0 atom stereocenters. The van der Waals surface area contributed by atoms with Gasteiger partial charge in [0, 0.05) is 10.0 Å². The third-order valence-electron chi connectivity index (χ3n) is 1.86. The van der Waals surface area contributed by atoms with Gasteiger partial charge in [0.15, 0.2) is 0 Å². The Labute approximate surface area is 98.3 Å². The zero-order valence-corrected chi connectivity index (χ0v) is 10.0. The average Bonchev–Trinajstić information content (AvgIpc) is 2.15. The predicted octanol–water partition coefficient (Wildman–Crippen LogP) is 4.22. The molecule has 84 valence electrons. The van der Waals surface area contributed by atoms with Gasteiger partial charge in [-0.2, -0.15) is 13.2 Å². The van der Waals surface area contributed by atoms with E-state index in [1.54, 1.807) is 0 Å². The van der Waals surface area contributed by atoms with Gasteiger partial charge in [0.25, 0.3) is 0 Å². The van der Waals surface area contributed by atoms with Gasteiger partial charge in [-0.05, 0) is 28.1 Å². The molecule has 0 N–H and O–H groups in total. The minimum atomic E-state index is -4.40. The number of rotatable bonds is 2. The van der Waals surface area contributed by atoms with Gasteiger partial charge in [-0.15, -0.1) is 11.6 Å². The maximum atomic E-state index is 12.5. The molecule has 1 rings (SSSR count). The molecule has 0 aliphatic heterocycles. The molecule has 0 saturated heterocycles. The summed E-state index contributed by atoms with van der Waals surface area (Å²) >= 11 is 8.45. The second kappa shape index (κ2) is 4.61. The van der Waals surface area contributed by atoms with E-state index in [-0.39, 0.29) is 10.4 Å². The summed E-state index contributed by atoms with van der Waals surface area (Å²) in [5, 5.41) is 0. The lowest BCUT2D eigenvalue weighted by Gasteiger charge is -2.14. The van der Waals surface area contributed by atoms with Crippen LogP contribution in [0.5, 0.6) is 5.75 Å². The predicted molar refractivity (Wildman–Crippen MR) is 55.3 cm³/mol. The van der Waals surface area contributed by atoms with Crippen LogP contribution in [0.2, 0.25) is 0 Å². The lowest BCUT2D eigenvalue weighted by molar-refractivity contribution is -0.138. The smallest absolute Gasteiger partial charge is 0.417 e. The molecule has 0 radical (unpaired) electrons. The highest BCUT2D eigenvalue weighted by molar-refractivity contribution is 9.10. The summed E-state index contributed by atoms with van der Waals surface area (Å²) in [5.74, 6) is 0.290. The minimum Gasteiger partial charge on any atom is -0.496 e. The summed E-state index contributed by atoms with van der Waals surface area (Å²) in [6.07, 6.45) is -4.40. The lowest BCUT2D eigenvalue weighted by Crippen LogP contribution is -2.07. The number of benzene rings is 1. The molecule has 0 aliphatic carbocycles. The maximum Gasteiger partial charge on any atom is 0.417 e. The first-order chi connectivity index (χ1) is 6.91. The zero-order chi connectivity index (χ0) is 11.6. The summed E-state index contributed by atoms with van der Waals surface area (Å²) in [6, 6.07) is 2.21. The molecule has 1 aromatic rings. The van der Waals surface area contributed by atoms with Gasteiger partial charge >= 0.3 is 6.18 Å². The third kappa shape index (κ3) is 2.58. The number of hydrogen-bond donors (Lipinski definition) is 0. The first-order valence-corrected chi connectivity index (χ1v) is 5.23. The van der Waals surface area contributed by atoms with Crippen LogP contribution >= 0.6 is 27.5 Å². The van der Waals surface area contributed by atoms with Crippen LogP contribution in [-0.4, -0.2) is 7.11 Å². The van der Waals surface area contributed by atoms with Gasteiger partial charge < -0.3 is 4.74 Å². The van der Waals surface area contributed by atoms with E-state index in [9.17, 15) is 13.2 Å². The number of alkyl halides is 4. The second-order valence-corrected chi connectivity index (χ2v) is 3.80. The van der Waals surface area contributed by atoms with E-state index in [0.717, 1.165) is 6.07 Å². The van der Waals surface area contributed by atoms with Crippen molar-refractivity contribution < 1.29 is 17.9 Å². The molecule has 15 heavy (non-hydrogen) atoms. The van der Waals surface area contributed by atoms with Crippen molar-refractivity contribution in [1.29, 1.82) is 0 Å². The fourth-order valence-electron chi connectivity index (χ4n) is 1.14. The molecule has 0 aromatic heterocycles. The van der Waals surface area contributed by atoms with Gasteiger partial charge in [-0.25, -0.2) is 0 Å². The van der Waals surface area contributed by atoms with E-state index in [0.29, 0.717) is 11.3 Å². The third-order valence-corrected chi connectivity index (χ3v) is 3.03. The monoisotopic (exact) mass is 302 g/mol. The Kier molecular flexibility index (Phi) is 3.89. The minimum absolute atomic E-state index is 0.0479. The molecule has 1 nitrogen and oxygen atoms in total. The molecule has 1 aromatic carbocycles. The molecule has 0 bridgehead atoms.